The van der Waals surface area contributed by atoms with Crippen molar-refractivity contribution in [2.24, 2.45) is 5.73 Å². The van der Waals surface area contributed by atoms with Crippen molar-refractivity contribution in [3.05, 3.63) is 29.0 Å². The van der Waals surface area contributed by atoms with E-state index in [4.69, 9.17) is 17.3 Å². The van der Waals surface area contributed by atoms with Crippen LogP contribution in [0.25, 0.3) is 0 Å². The van der Waals surface area contributed by atoms with Gasteiger partial charge in [0.1, 0.15) is 5.15 Å². The van der Waals surface area contributed by atoms with Gasteiger partial charge in [-0.05, 0) is 25.5 Å². The number of halogens is 1. The maximum atomic E-state index is 5.68. The van der Waals surface area contributed by atoms with Crippen LogP contribution in [0.1, 0.15) is 19.4 Å². The monoisotopic (exact) mass is 213 g/mol. The SMILES string of the molecule is CC(C)(CN)NCc1ccc(Cl)nc1. The molecule has 0 spiro atoms. The maximum absolute atomic E-state index is 5.68. The molecule has 1 rings (SSSR count). The van der Waals surface area contributed by atoms with Crippen molar-refractivity contribution in [2.45, 2.75) is 25.9 Å². The lowest BCUT2D eigenvalue weighted by Gasteiger charge is -2.24. The van der Waals surface area contributed by atoms with E-state index in [1.165, 1.54) is 0 Å². The van der Waals surface area contributed by atoms with Gasteiger partial charge in [0.2, 0.25) is 0 Å². The molecular formula is C10H16ClN3. The van der Waals surface area contributed by atoms with E-state index in [0.717, 1.165) is 12.1 Å². The summed E-state index contributed by atoms with van der Waals surface area (Å²) in [5, 5.41) is 3.86. The Kier molecular flexibility index (Phi) is 3.86. The molecule has 0 aromatic carbocycles. The first kappa shape index (κ1) is 11.4. The van der Waals surface area contributed by atoms with Gasteiger partial charge >= 0.3 is 0 Å². The summed E-state index contributed by atoms with van der Waals surface area (Å²) in [6.45, 7) is 5.50. The van der Waals surface area contributed by atoms with Gasteiger partial charge in [-0.1, -0.05) is 17.7 Å². The average Bonchev–Trinajstić information content (AvgIpc) is 2.17. The van der Waals surface area contributed by atoms with E-state index >= 15 is 0 Å². The van der Waals surface area contributed by atoms with Crippen LogP contribution in [-0.2, 0) is 6.54 Å². The Balaban J connectivity index is 2.50. The van der Waals surface area contributed by atoms with Crippen LogP contribution in [0.3, 0.4) is 0 Å². The molecule has 0 saturated carbocycles. The van der Waals surface area contributed by atoms with Crippen LogP contribution in [-0.4, -0.2) is 17.1 Å². The fourth-order valence-electron chi connectivity index (χ4n) is 0.925. The normalized spacial score (nSPS) is 11.7. The number of rotatable bonds is 4. The summed E-state index contributed by atoms with van der Waals surface area (Å²) in [6.07, 6.45) is 1.77. The number of nitrogens with one attached hydrogen (secondary N) is 1. The molecule has 3 nitrogen and oxygen atoms in total. The summed E-state index contributed by atoms with van der Waals surface area (Å²) in [5.41, 5.74) is 6.66. The summed E-state index contributed by atoms with van der Waals surface area (Å²) >= 11 is 5.68. The Bertz CT molecular complexity index is 282. The van der Waals surface area contributed by atoms with Crippen LogP contribution in [0, 0.1) is 0 Å². The summed E-state index contributed by atoms with van der Waals surface area (Å²) in [4.78, 5) is 4.00. The van der Waals surface area contributed by atoms with Gasteiger partial charge in [0, 0.05) is 24.8 Å². The number of nitrogens with two attached hydrogens (primary N) is 1. The highest BCUT2D eigenvalue weighted by atomic mass is 35.5. The highest BCUT2D eigenvalue weighted by Gasteiger charge is 2.13. The first-order valence-electron chi connectivity index (χ1n) is 4.59. The van der Waals surface area contributed by atoms with Gasteiger partial charge in [0.25, 0.3) is 0 Å². The zero-order valence-corrected chi connectivity index (χ0v) is 9.30. The predicted molar refractivity (Wildman–Crippen MR) is 59.2 cm³/mol. The van der Waals surface area contributed by atoms with Crippen molar-refractivity contribution in [3.63, 3.8) is 0 Å². The lowest BCUT2D eigenvalue weighted by Crippen LogP contribution is -2.45. The Morgan fingerprint density at radius 3 is 2.71 bits per heavy atom. The lowest BCUT2D eigenvalue weighted by atomic mass is 10.1. The molecule has 0 aliphatic rings. The lowest BCUT2D eigenvalue weighted by molar-refractivity contribution is 0.396. The number of pyridine rings is 1. The molecule has 0 bridgehead atoms. The van der Waals surface area contributed by atoms with Gasteiger partial charge in [0.15, 0.2) is 0 Å². The van der Waals surface area contributed by atoms with Crippen molar-refractivity contribution >= 4 is 11.6 Å². The topological polar surface area (TPSA) is 50.9 Å². The van der Waals surface area contributed by atoms with Gasteiger partial charge < -0.3 is 11.1 Å². The second-order valence-electron chi connectivity index (χ2n) is 3.93. The van der Waals surface area contributed by atoms with Gasteiger partial charge in [-0.25, -0.2) is 4.98 Å². The Hall–Kier alpha value is -0.640. The van der Waals surface area contributed by atoms with Crippen LogP contribution in [0.4, 0.5) is 0 Å². The minimum absolute atomic E-state index is 0.0420. The molecule has 78 valence electrons. The molecule has 0 saturated heterocycles. The summed E-state index contributed by atoms with van der Waals surface area (Å²) in [7, 11) is 0. The Morgan fingerprint density at radius 1 is 1.50 bits per heavy atom. The molecule has 0 aliphatic heterocycles. The molecule has 0 unspecified atom stereocenters. The fraction of sp³-hybridized carbons (Fsp3) is 0.500. The highest BCUT2D eigenvalue weighted by molar-refractivity contribution is 6.29. The minimum atomic E-state index is -0.0420. The van der Waals surface area contributed by atoms with Crippen molar-refractivity contribution in [3.8, 4) is 0 Å². The maximum Gasteiger partial charge on any atom is 0.129 e. The molecule has 1 aromatic heterocycles. The van der Waals surface area contributed by atoms with E-state index in [9.17, 15) is 0 Å². The van der Waals surface area contributed by atoms with Crippen molar-refractivity contribution in [1.29, 1.82) is 0 Å². The first-order valence-corrected chi connectivity index (χ1v) is 4.97. The molecule has 0 aliphatic carbocycles. The summed E-state index contributed by atoms with van der Waals surface area (Å²) in [6, 6.07) is 3.74. The summed E-state index contributed by atoms with van der Waals surface area (Å²) < 4.78 is 0. The second-order valence-corrected chi connectivity index (χ2v) is 4.32. The minimum Gasteiger partial charge on any atom is -0.329 e. The summed E-state index contributed by atoms with van der Waals surface area (Å²) in [5.74, 6) is 0. The van der Waals surface area contributed by atoms with E-state index in [-0.39, 0.29) is 5.54 Å². The quantitative estimate of drug-likeness (QED) is 0.747. The molecular weight excluding hydrogens is 198 g/mol. The molecule has 14 heavy (non-hydrogen) atoms. The zero-order chi connectivity index (χ0) is 10.6. The van der Waals surface area contributed by atoms with Gasteiger partial charge in [0.05, 0.1) is 0 Å². The number of nitrogens with zero attached hydrogens (tertiary/aromatic N) is 1. The fourth-order valence-corrected chi connectivity index (χ4v) is 1.04. The largest absolute Gasteiger partial charge is 0.329 e. The molecule has 0 amide bonds. The molecule has 3 N–H and O–H groups in total. The van der Waals surface area contributed by atoms with Crippen LogP contribution in [0.5, 0.6) is 0 Å². The van der Waals surface area contributed by atoms with Crippen molar-refractivity contribution in [2.75, 3.05) is 6.54 Å². The van der Waals surface area contributed by atoms with Crippen molar-refractivity contribution < 1.29 is 0 Å². The standard InChI is InChI=1S/C10H16ClN3/c1-10(2,7-12)14-6-8-3-4-9(11)13-5-8/h3-5,14H,6-7,12H2,1-2H3. The van der Waals surface area contributed by atoms with E-state index in [1.54, 1.807) is 12.3 Å². The van der Waals surface area contributed by atoms with Crippen LogP contribution < -0.4 is 11.1 Å². The van der Waals surface area contributed by atoms with Gasteiger partial charge in [-0.15, -0.1) is 0 Å². The van der Waals surface area contributed by atoms with Crippen LogP contribution in [0.2, 0.25) is 5.15 Å². The number of hydrogen-bond donors (Lipinski definition) is 2. The van der Waals surface area contributed by atoms with E-state index in [2.05, 4.69) is 24.1 Å². The first-order chi connectivity index (χ1) is 6.53. The Morgan fingerprint density at radius 2 is 2.21 bits per heavy atom. The second kappa shape index (κ2) is 4.73. The van der Waals surface area contributed by atoms with Gasteiger partial charge in [-0.3, -0.25) is 0 Å². The smallest absolute Gasteiger partial charge is 0.129 e. The van der Waals surface area contributed by atoms with Crippen LogP contribution in [0.15, 0.2) is 18.3 Å². The van der Waals surface area contributed by atoms with E-state index in [0.29, 0.717) is 11.7 Å². The molecule has 0 radical (unpaired) electrons. The third kappa shape index (κ3) is 3.62. The number of aromatic nitrogens is 1. The molecule has 1 aromatic rings. The Labute approximate surface area is 89.7 Å². The average molecular weight is 214 g/mol. The number of hydrogen-bond acceptors (Lipinski definition) is 3. The van der Waals surface area contributed by atoms with Crippen LogP contribution >= 0.6 is 11.6 Å². The highest BCUT2D eigenvalue weighted by Crippen LogP contribution is 2.06. The molecule has 1 heterocycles. The third-order valence-electron chi connectivity index (χ3n) is 2.07. The van der Waals surface area contributed by atoms with E-state index < -0.39 is 0 Å². The predicted octanol–water partition coefficient (Wildman–Crippen LogP) is 1.56. The molecule has 0 fully saturated rings. The zero-order valence-electron chi connectivity index (χ0n) is 8.55. The van der Waals surface area contributed by atoms with Crippen molar-refractivity contribution in [1.82, 2.24) is 10.3 Å². The molecule has 0 atom stereocenters. The van der Waals surface area contributed by atoms with Gasteiger partial charge in [-0.2, -0.15) is 0 Å². The molecule has 4 heteroatoms. The third-order valence-corrected chi connectivity index (χ3v) is 2.29. The van der Waals surface area contributed by atoms with E-state index in [1.807, 2.05) is 6.07 Å².